The first-order valence-electron chi connectivity index (χ1n) is 13.3. The van der Waals surface area contributed by atoms with Gasteiger partial charge in [0.2, 0.25) is 0 Å². The van der Waals surface area contributed by atoms with Gasteiger partial charge in [-0.3, -0.25) is 4.79 Å². The highest BCUT2D eigenvalue weighted by atomic mass is 16.4. The molecule has 4 aliphatic rings. The Morgan fingerprint density at radius 1 is 1.09 bits per heavy atom. The first-order chi connectivity index (χ1) is 15.7. The van der Waals surface area contributed by atoms with Crippen LogP contribution in [-0.4, -0.2) is 33.5 Å². The molecule has 2 fully saturated rings. The van der Waals surface area contributed by atoms with Crippen molar-refractivity contribution in [1.29, 1.82) is 0 Å². The van der Waals surface area contributed by atoms with Crippen LogP contribution in [0.5, 0.6) is 0 Å². The summed E-state index contributed by atoms with van der Waals surface area (Å²) < 4.78 is 0. The van der Waals surface area contributed by atoms with Crippen molar-refractivity contribution >= 4 is 5.97 Å². The van der Waals surface area contributed by atoms with E-state index < -0.39 is 23.4 Å². The first-order valence-corrected chi connectivity index (χ1v) is 13.3. The number of fused-ring (bicyclic) bond motifs is 5. The Hall–Kier alpha value is -1.39. The number of aliphatic hydroxyl groups is 2. The summed E-state index contributed by atoms with van der Waals surface area (Å²) in [4.78, 5) is 12.5. The summed E-state index contributed by atoms with van der Waals surface area (Å²) in [5.74, 6) is -0.892. The topological polar surface area (TPSA) is 77.8 Å². The minimum Gasteiger partial charge on any atom is -0.481 e. The lowest BCUT2D eigenvalue weighted by Crippen LogP contribution is -2.55. The van der Waals surface area contributed by atoms with Crippen molar-refractivity contribution in [2.75, 3.05) is 0 Å². The quantitative estimate of drug-likeness (QED) is 0.413. The summed E-state index contributed by atoms with van der Waals surface area (Å²) in [5.41, 5.74) is 2.89. The van der Waals surface area contributed by atoms with Gasteiger partial charge in [0.05, 0.1) is 18.1 Å². The molecule has 0 spiro atoms. The molecule has 0 aromatic rings. The molecule has 0 aromatic heterocycles. The molecule has 0 radical (unpaired) electrons. The molecule has 0 aliphatic heterocycles. The Morgan fingerprint density at radius 3 is 2.38 bits per heavy atom. The second kappa shape index (κ2) is 8.34. The first kappa shape index (κ1) is 25.7. The third-order valence-corrected chi connectivity index (χ3v) is 11.2. The Morgan fingerprint density at radius 2 is 1.76 bits per heavy atom. The largest absolute Gasteiger partial charge is 0.481 e. The minimum absolute atomic E-state index is 0.0232. The van der Waals surface area contributed by atoms with Crippen molar-refractivity contribution < 1.29 is 20.1 Å². The highest BCUT2D eigenvalue weighted by molar-refractivity contribution is 5.71. The average molecular weight is 471 g/mol. The van der Waals surface area contributed by atoms with E-state index in [-0.39, 0.29) is 28.3 Å². The SMILES string of the molecule is CC(C)=CCC[C@@H](C(=O)O)[C@H]1C[C@H](O)[C@@]2(C)C3=CCC4C(C)(C)[C@@H](O)CC[C@]4(C)C3=CC[C@]12C. The van der Waals surface area contributed by atoms with Gasteiger partial charge < -0.3 is 15.3 Å². The lowest BCUT2D eigenvalue weighted by atomic mass is 9.44. The number of hydrogen-bond donors (Lipinski definition) is 3. The Bertz CT molecular complexity index is 937. The molecule has 4 nitrogen and oxygen atoms in total. The molecular weight excluding hydrogens is 424 g/mol. The molecule has 0 saturated heterocycles. The van der Waals surface area contributed by atoms with Crippen LogP contribution in [0, 0.1) is 39.4 Å². The van der Waals surface area contributed by atoms with Crippen molar-refractivity contribution in [2.45, 2.75) is 106 Å². The highest BCUT2D eigenvalue weighted by Gasteiger charge is 2.67. The van der Waals surface area contributed by atoms with Crippen LogP contribution in [0.15, 0.2) is 34.9 Å². The maximum absolute atomic E-state index is 12.5. The number of aliphatic carboxylic acids is 1. The van der Waals surface area contributed by atoms with E-state index in [9.17, 15) is 20.1 Å². The second-order valence-electron chi connectivity index (χ2n) is 13.3. The number of carboxylic acids is 1. The Labute approximate surface area is 206 Å². The molecule has 2 saturated carbocycles. The van der Waals surface area contributed by atoms with Crippen LogP contribution >= 0.6 is 0 Å². The number of allylic oxidation sites excluding steroid dienone is 5. The molecule has 0 bridgehead atoms. The van der Waals surface area contributed by atoms with Gasteiger partial charge in [0.25, 0.3) is 0 Å². The lowest BCUT2D eigenvalue weighted by molar-refractivity contribution is -0.146. The number of carbonyl (C=O) groups is 1. The predicted octanol–water partition coefficient (Wildman–Crippen LogP) is 6.29. The van der Waals surface area contributed by atoms with Crippen LogP contribution in [0.25, 0.3) is 0 Å². The van der Waals surface area contributed by atoms with Crippen LogP contribution in [0.4, 0.5) is 0 Å². The van der Waals surface area contributed by atoms with E-state index in [1.165, 1.54) is 16.7 Å². The minimum atomic E-state index is -0.729. The Balaban J connectivity index is 1.75. The zero-order chi connectivity index (χ0) is 25.3. The van der Waals surface area contributed by atoms with Crippen molar-refractivity contribution in [3.05, 3.63) is 34.9 Å². The van der Waals surface area contributed by atoms with Gasteiger partial charge in [0.1, 0.15) is 0 Å². The molecule has 3 N–H and O–H groups in total. The van der Waals surface area contributed by atoms with E-state index in [4.69, 9.17) is 0 Å². The van der Waals surface area contributed by atoms with Crippen molar-refractivity contribution in [3.8, 4) is 0 Å². The molecule has 8 atom stereocenters. The third-order valence-electron chi connectivity index (χ3n) is 11.2. The molecule has 4 rings (SSSR count). The van der Waals surface area contributed by atoms with Crippen molar-refractivity contribution in [3.63, 3.8) is 0 Å². The van der Waals surface area contributed by atoms with Gasteiger partial charge in [0, 0.05) is 5.41 Å². The van der Waals surface area contributed by atoms with Gasteiger partial charge in [-0.1, -0.05) is 58.4 Å². The van der Waals surface area contributed by atoms with Gasteiger partial charge in [0.15, 0.2) is 0 Å². The molecule has 4 aliphatic carbocycles. The summed E-state index contributed by atoms with van der Waals surface area (Å²) in [6.07, 6.45) is 11.4. The molecular formula is C30H46O4. The maximum atomic E-state index is 12.5. The summed E-state index contributed by atoms with van der Waals surface area (Å²) in [6.45, 7) is 15.3. The zero-order valence-electron chi connectivity index (χ0n) is 22.3. The van der Waals surface area contributed by atoms with Crippen LogP contribution in [0.1, 0.15) is 93.4 Å². The predicted molar refractivity (Wildman–Crippen MR) is 136 cm³/mol. The van der Waals surface area contributed by atoms with E-state index in [0.717, 1.165) is 32.1 Å². The fraction of sp³-hybridized carbons (Fsp3) is 0.767. The van der Waals surface area contributed by atoms with Gasteiger partial charge in [-0.05, 0) is 98.0 Å². The van der Waals surface area contributed by atoms with E-state index in [1.807, 2.05) is 0 Å². The Kier molecular flexibility index (Phi) is 6.30. The number of carboxylic acid groups (broad SMARTS) is 1. The van der Waals surface area contributed by atoms with Gasteiger partial charge in [-0.25, -0.2) is 0 Å². The molecule has 4 heteroatoms. The number of hydrogen-bond acceptors (Lipinski definition) is 3. The van der Waals surface area contributed by atoms with Gasteiger partial charge >= 0.3 is 5.97 Å². The van der Waals surface area contributed by atoms with E-state index in [2.05, 4.69) is 66.7 Å². The van der Waals surface area contributed by atoms with Crippen molar-refractivity contribution in [2.24, 2.45) is 39.4 Å². The summed E-state index contributed by atoms with van der Waals surface area (Å²) in [7, 11) is 0. The third kappa shape index (κ3) is 3.42. The van der Waals surface area contributed by atoms with Crippen LogP contribution in [0.3, 0.4) is 0 Å². The van der Waals surface area contributed by atoms with Crippen molar-refractivity contribution in [1.82, 2.24) is 0 Å². The molecule has 0 amide bonds. The normalized spacial score (nSPS) is 43.6. The summed E-state index contributed by atoms with van der Waals surface area (Å²) >= 11 is 0. The monoisotopic (exact) mass is 470 g/mol. The van der Waals surface area contributed by atoms with E-state index in [1.54, 1.807) is 0 Å². The summed E-state index contributed by atoms with van der Waals surface area (Å²) in [5, 5.41) is 32.6. The van der Waals surface area contributed by atoms with Crippen LogP contribution in [-0.2, 0) is 4.79 Å². The molecule has 190 valence electrons. The summed E-state index contributed by atoms with van der Waals surface area (Å²) in [6, 6.07) is 0. The van der Waals surface area contributed by atoms with Crippen LogP contribution in [0.2, 0.25) is 0 Å². The standard InChI is InChI=1S/C30H46O4/c1-18(2)9-8-10-19(26(33)34)22-17-25(32)30(7)21-11-12-23-27(3,4)24(31)14-15-28(23,5)20(21)13-16-29(22,30)6/h9,11,13,19,22-25,31-32H,8,10,12,14-17H2,1-7H3,(H,33,34)/t19-,22-,23?,24+,25+,28-,29-,30-/m1/s1. The number of aliphatic hydroxyl groups excluding tert-OH is 2. The van der Waals surface area contributed by atoms with Gasteiger partial charge in [-0.2, -0.15) is 0 Å². The maximum Gasteiger partial charge on any atom is 0.306 e. The zero-order valence-corrected chi connectivity index (χ0v) is 22.3. The van der Waals surface area contributed by atoms with Gasteiger partial charge in [-0.15, -0.1) is 0 Å². The average Bonchev–Trinajstić information content (AvgIpc) is 2.95. The van der Waals surface area contributed by atoms with Crippen LogP contribution < -0.4 is 0 Å². The molecule has 0 heterocycles. The molecule has 1 unspecified atom stereocenters. The van der Waals surface area contributed by atoms with E-state index in [0.29, 0.717) is 18.8 Å². The second-order valence-corrected chi connectivity index (χ2v) is 13.3. The molecule has 0 aromatic carbocycles. The highest BCUT2D eigenvalue weighted by Crippen LogP contribution is 2.71. The molecule has 34 heavy (non-hydrogen) atoms. The fourth-order valence-corrected chi connectivity index (χ4v) is 8.73. The lowest BCUT2D eigenvalue weighted by Gasteiger charge is -2.61. The van der Waals surface area contributed by atoms with E-state index >= 15 is 0 Å². The smallest absolute Gasteiger partial charge is 0.306 e. The fourth-order valence-electron chi connectivity index (χ4n) is 8.73. The number of rotatable bonds is 5.